The molecule has 0 heterocycles. The Morgan fingerprint density at radius 1 is 0.280 bits per heavy atom. The van der Waals surface area contributed by atoms with E-state index in [-0.39, 0.29) is 31.1 Å². The van der Waals surface area contributed by atoms with Gasteiger partial charge in [0, 0.05) is 19.3 Å². The van der Waals surface area contributed by atoms with Crippen LogP contribution < -0.4 is 0 Å². The van der Waals surface area contributed by atoms with Crippen LogP contribution in [0.3, 0.4) is 0 Å². The Labute approximate surface area is 462 Å². The monoisotopic (exact) mass is 1040 g/mol. The lowest BCUT2D eigenvalue weighted by Crippen LogP contribution is -2.30. The number of allylic oxidation sites excluding steroid dienone is 20. The van der Waals surface area contributed by atoms with Gasteiger partial charge in [0.05, 0.1) is 0 Å². The van der Waals surface area contributed by atoms with Gasteiger partial charge in [0.1, 0.15) is 13.2 Å². The lowest BCUT2D eigenvalue weighted by Gasteiger charge is -2.18. The first kappa shape index (κ1) is 70.8. The summed E-state index contributed by atoms with van der Waals surface area (Å²) in [5.74, 6) is -0.921. The Kier molecular flexibility index (Phi) is 58.9. The Morgan fingerprint density at radius 3 is 0.827 bits per heavy atom. The van der Waals surface area contributed by atoms with Gasteiger partial charge in [0.15, 0.2) is 6.10 Å². The predicted octanol–water partition coefficient (Wildman–Crippen LogP) is 21.2. The first-order chi connectivity index (χ1) is 37.0. The molecule has 0 radical (unpaired) electrons. The average Bonchev–Trinajstić information content (AvgIpc) is 3.41. The minimum atomic E-state index is -0.792. The van der Waals surface area contributed by atoms with E-state index in [4.69, 9.17) is 14.2 Å². The zero-order valence-corrected chi connectivity index (χ0v) is 48.8. The Hall–Kier alpha value is -4.19. The second-order valence-corrected chi connectivity index (χ2v) is 20.2. The van der Waals surface area contributed by atoms with E-state index in [2.05, 4.69) is 142 Å². The molecule has 0 saturated heterocycles. The summed E-state index contributed by atoms with van der Waals surface area (Å²) in [6.45, 7) is 6.37. The van der Waals surface area contributed by atoms with Crippen LogP contribution in [-0.2, 0) is 28.6 Å². The van der Waals surface area contributed by atoms with Crippen molar-refractivity contribution in [2.24, 2.45) is 0 Å². The molecule has 0 saturated carbocycles. The van der Waals surface area contributed by atoms with Crippen molar-refractivity contribution in [3.8, 4) is 0 Å². The zero-order chi connectivity index (χ0) is 54.3. The van der Waals surface area contributed by atoms with Crippen molar-refractivity contribution in [2.75, 3.05) is 13.2 Å². The molecule has 0 spiro atoms. The van der Waals surface area contributed by atoms with Crippen molar-refractivity contribution < 1.29 is 28.6 Å². The lowest BCUT2D eigenvalue weighted by molar-refractivity contribution is -0.167. The van der Waals surface area contributed by atoms with E-state index >= 15 is 0 Å². The van der Waals surface area contributed by atoms with Gasteiger partial charge in [-0.2, -0.15) is 0 Å². The van der Waals surface area contributed by atoms with Crippen LogP contribution in [0.2, 0.25) is 0 Å². The molecule has 0 aliphatic heterocycles. The smallest absolute Gasteiger partial charge is 0.306 e. The second-order valence-electron chi connectivity index (χ2n) is 20.2. The summed E-state index contributed by atoms with van der Waals surface area (Å²) >= 11 is 0. The largest absolute Gasteiger partial charge is 0.462 e. The lowest BCUT2D eigenvalue weighted by atomic mass is 10.0. The fourth-order valence-corrected chi connectivity index (χ4v) is 8.38. The molecular weight excluding hydrogens is 925 g/mol. The Bertz CT molecular complexity index is 1570. The van der Waals surface area contributed by atoms with Crippen molar-refractivity contribution in [1.82, 2.24) is 0 Å². The van der Waals surface area contributed by atoms with Gasteiger partial charge < -0.3 is 14.2 Å². The molecule has 0 aliphatic carbocycles. The van der Waals surface area contributed by atoms with Crippen LogP contribution in [0.25, 0.3) is 0 Å². The molecule has 6 nitrogen and oxygen atoms in total. The summed E-state index contributed by atoms with van der Waals surface area (Å²) < 4.78 is 16.8. The topological polar surface area (TPSA) is 78.9 Å². The number of carbonyl (C=O) groups excluding carboxylic acids is 3. The van der Waals surface area contributed by atoms with Gasteiger partial charge in [0.25, 0.3) is 0 Å². The van der Waals surface area contributed by atoms with E-state index in [9.17, 15) is 14.4 Å². The molecule has 0 aromatic rings. The van der Waals surface area contributed by atoms with Gasteiger partial charge in [-0.1, -0.05) is 271 Å². The maximum atomic E-state index is 12.8. The van der Waals surface area contributed by atoms with Crippen LogP contribution in [0.1, 0.15) is 278 Å². The third-order valence-corrected chi connectivity index (χ3v) is 13.0. The van der Waals surface area contributed by atoms with Crippen molar-refractivity contribution in [3.05, 3.63) is 122 Å². The van der Waals surface area contributed by atoms with Gasteiger partial charge >= 0.3 is 17.9 Å². The van der Waals surface area contributed by atoms with Crippen LogP contribution in [0, 0.1) is 0 Å². The predicted molar refractivity (Wildman–Crippen MR) is 325 cm³/mol. The molecule has 1 unspecified atom stereocenters. The van der Waals surface area contributed by atoms with E-state index in [0.717, 1.165) is 128 Å². The molecule has 0 aromatic carbocycles. The van der Waals surface area contributed by atoms with Gasteiger partial charge in [0.2, 0.25) is 0 Å². The standard InChI is InChI=1S/C69H114O6/c1-4-7-10-13-16-19-21-23-24-25-26-27-28-29-30-31-32-33-34-35-36-37-38-39-40-41-42-43-44-46-47-50-53-56-59-62-68(71)74-65-66(64-73-67(70)61-58-55-52-49-18-15-12-9-6-3)75-69(72)63-60-57-54-51-48-45-22-20-17-14-11-8-5-2/h7-8,10-11,16-17,19-20,23-24,26-27,29-30,32-33,35-36,45,48,66H,4-6,9,12-15,18,21-22,25,28,31,34,37-44,46-47,49-65H2,1-3H3/b10-7-,11-8-,19-16-,20-17-,24-23-,27-26-,30-29-,33-32-,36-35-,48-45-. The fraction of sp³-hybridized carbons (Fsp3) is 0.667. The van der Waals surface area contributed by atoms with Gasteiger partial charge in [-0.3, -0.25) is 14.4 Å². The zero-order valence-electron chi connectivity index (χ0n) is 48.8. The van der Waals surface area contributed by atoms with Crippen molar-refractivity contribution >= 4 is 17.9 Å². The minimum absolute atomic E-state index is 0.0887. The summed E-state index contributed by atoms with van der Waals surface area (Å²) in [6, 6.07) is 0. The van der Waals surface area contributed by atoms with Crippen molar-refractivity contribution in [3.63, 3.8) is 0 Å². The normalized spacial score (nSPS) is 12.9. The number of carbonyl (C=O) groups is 3. The second kappa shape index (κ2) is 62.4. The highest BCUT2D eigenvalue weighted by Gasteiger charge is 2.19. The van der Waals surface area contributed by atoms with Gasteiger partial charge in [-0.05, 0) is 109 Å². The first-order valence-corrected chi connectivity index (χ1v) is 31.0. The number of rotatable bonds is 55. The molecule has 0 aliphatic rings. The molecular formula is C69H114O6. The third-order valence-electron chi connectivity index (χ3n) is 13.0. The molecule has 1 atom stereocenters. The molecule has 0 fully saturated rings. The van der Waals surface area contributed by atoms with E-state index < -0.39 is 6.10 Å². The summed E-state index contributed by atoms with van der Waals surface area (Å²) in [5.41, 5.74) is 0. The molecule has 0 bridgehead atoms. The maximum absolute atomic E-state index is 12.8. The number of unbranched alkanes of at least 4 members (excludes halogenated alkanes) is 24. The van der Waals surface area contributed by atoms with E-state index in [1.165, 1.54) is 109 Å². The number of esters is 3. The van der Waals surface area contributed by atoms with Crippen LogP contribution in [-0.4, -0.2) is 37.2 Å². The quantitative estimate of drug-likeness (QED) is 0.0261. The van der Waals surface area contributed by atoms with Crippen LogP contribution in [0.5, 0.6) is 0 Å². The number of ether oxygens (including phenoxy) is 3. The van der Waals surface area contributed by atoms with Crippen LogP contribution in [0.15, 0.2) is 122 Å². The maximum Gasteiger partial charge on any atom is 0.306 e. The highest BCUT2D eigenvalue weighted by Crippen LogP contribution is 2.16. The fourth-order valence-electron chi connectivity index (χ4n) is 8.38. The van der Waals surface area contributed by atoms with E-state index in [1.54, 1.807) is 0 Å². The molecule has 6 heteroatoms. The molecule has 0 amide bonds. The molecule has 0 aromatic heterocycles. The number of hydrogen-bond acceptors (Lipinski definition) is 6. The van der Waals surface area contributed by atoms with E-state index in [0.29, 0.717) is 19.3 Å². The molecule has 0 N–H and O–H groups in total. The molecule has 75 heavy (non-hydrogen) atoms. The summed E-state index contributed by atoms with van der Waals surface area (Å²) in [7, 11) is 0. The number of hydrogen-bond donors (Lipinski definition) is 0. The minimum Gasteiger partial charge on any atom is -0.462 e. The molecule has 426 valence electrons. The third kappa shape index (κ3) is 60.6. The highest BCUT2D eigenvalue weighted by atomic mass is 16.6. The molecule has 0 rings (SSSR count). The highest BCUT2D eigenvalue weighted by molar-refractivity contribution is 5.71. The van der Waals surface area contributed by atoms with Crippen molar-refractivity contribution in [2.45, 2.75) is 284 Å². The summed E-state index contributed by atoms with van der Waals surface area (Å²) in [6.07, 6.45) is 86.6. The van der Waals surface area contributed by atoms with Gasteiger partial charge in [-0.15, -0.1) is 0 Å². The van der Waals surface area contributed by atoms with Gasteiger partial charge in [-0.25, -0.2) is 0 Å². The van der Waals surface area contributed by atoms with Crippen LogP contribution in [0.4, 0.5) is 0 Å². The SMILES string of the molecule is CC/C=C\C/C=C\C/C=C\C/C=C\C/C=C\C/C=C\C/C=C\CCCCCCCCCCCCCCCC(=O)OCC(COC(=O)CCCCCCCCCCC)OC(=O)CCCCC/C=C\C/C=C\C/C=C\CC. The van der Waals surface area contributed by atoms with Crippen molar-refractivity contribution in [1.29, 1.82) is 0 Å². The first-order valence-electron chi connectivity index (χ1n) is 31.0. The Morgan fingerprint density at radius 2 is 0.520 bits per heavy atom. The van der Waals surface area contributed by atoms with Crippen LogP contribution >= 0.6 is 0 Å². The average molecular weight is 1040 g/mol. The van der Waals surface area contributed by atoms with E-state index in [1.807, 2.05) is 0 Å². The Balaban J connectivity index is 4.09. The summed E-state index contributed by atoms with van der Waals surface area (Å²) in [5, 5.41) is 0. The summed E-state index contributed by atoms with van der Waals surface area (Å²) in [4.78, 5) is 38.0.